The van der Waals surface area contributed by atoms with E-state index in [-0.39, 0.29) is 28.9 Å². The molecule has 4 heteroatoms. The van der Waals surface area contributed by atoms with Crippen molar-refractivity contribution in [3.63, 3.8) is 0 Å². The molecule has 0 saturated carbocycles. The van der Waals surface area contributed by atoms with Crippen molar-refractivity contribution in [3.8, 4) is 23.0 Å². The lowest BCUT2D eigenvalue weighted by Gasteiger charge is -2.42. The number of phenolic OH excluding ortho intramolecular Hbond substituents is 4. The van der Waals surface area contributed by atoms with E-state index in [9.17, 15) is 20.4 Å². The maximum absolute atomic E-state index is 10.3. The van der Waals surface area contributed by atoms with Crippen LogP contribution in [0.4, 0.5) is 0 Å². The van der Waals surface area contributed by atoms with Gasteiger partial charge >= 0.3 is 0 Å². The van der Waals surface area contributed by atoms with Crippen molar-refractivity contribution in [2.75, 3.05) is 0 Å². The molecule has 0 saturated heterocycles. The molecule has 0 heterocycles. The van der Waals surface area contributed by atoms with E-state index in [1.54, 1.807) is 36.4 Å². The summed E-state index contributed by atoms with van der Waals surface area (Å²) in [5.41, 5.74) is 4.69. The van der Waals surface area contributed by atoms with Gasteiger partial charge in [-0.1, -0.05) is 55.5 Å². The van der Waals surface area contributed by atoms with E-state index in [4.69, 9.17) is 0 Å². The molecule has 1 unspecified atom stereocenters. The van der Waals surface area contributed by atoms with E-state index >= 15 is 0 Å². The third kappa shape index (κ3) is 3.89. The molecule has 4 rings (SSSR count). The van der Waals surface area contributed by atoms with E-state index < -0.39 is 5.41 Å². The monoisotopic (exact) mass is 440 g/mol. The van der Waals surface area contributed by atoms with Crippen LogP contribution in [0.3, 0.4) is 0 Å². The maximum atomic E-state index is 10.3. The van der Waals surface area contributed by atoms with E-state index in [1.165, 1.54) is 0 Å². The lowest BCUT2D eigenvalue weighted by molar-refractivity contribution is 0.462. The minimum absolute atomic E-state index is 0.115. The average Bonchev–Trinajstić information content (AvgIpc) is 2.80. The molecule has 1 atom stereocenters. The van der Waals surface area contributed by atoms with Gasteiger partial charge in [0.15, 0.2) is 0 Å². The molecule has 0 fully saturated rings. The Labute approximate surface area is 194 Å². The Kier molecular flexibility index (Phi) is 5.77. The molecule has 0 radical (unpaired) electrons. The highest BCUT2D eigenvalue weighted by Crippen LogP contribution is 2.51. The van der Waals surface area contributed by atoms with Gasteiger partial charge in [-0.2, -0.15) is 0 Å². The van der Waals surface area contributed by atoms with Crippen LogP contribution in [0.1, 0.15) is 46.2 Å². The first-order valence-corrected chi connectivity index (χ1v) is 10.9. The fourth-order valence-corrected chi connectivity index (χ4v) is 4.79. The molecule has 0 spiro atoms. The number of aromatic hydroxyl groups is 4. The largest absolute Gasteiger partial charge is 0.508 e. The fraction of sp³-hybridized carbons (Fsp3) is 0.172. The summed E-state index contributed by atoms with van der Waals surface area (Å²) in [6.45, 7) is 5.87. The Morgan fingerprint density at radius 1 is 0.545 bits per heavy atom. The van der Waals surface area contributed by atoms with Crippen LogP contribution in [-0.4, -0.2) is 20.4 Å². The zero-order chi connectivity index (χ0) is 23.8. The zero-order valence-corrected chi connectivity index (χ0v) is 18.9. The van der Waals surface area contributed by atoms with Crippen LogP contribution in [0, 0.1) is 13.8 Å². The van der Waals surface area contributed by atoms with Crippen molar-refractivity contribution in [3.05, 3.63) is 118 Å². The smallest absolute Gasteiger partial charge is 0.118 e. The molecular weight excluding hydrogens is 412 g/mol. The van der Waals surface area contributed by atoms with Crippen LogP contribution >= 0.6 is 0 Å². The molecule has 0 aromatic heterocycles. The van der Waals surface area contributed by atoms with Crippen LogP contribution in [0.5, 0.6) is 23.0 Å². The Balaban J connectivity index is 2.12. The van der Waals surface area contributed by atoms with Gasteiger partial charge < -0.3 is 20.4 Å². The quantitative estimate of drug-likeness (QED) is 0.276. The molecule has 0 aliphatic rings. The molecule has 0 bridgehead atoms. The lowest BCUT2D eigenvalue weighted by Crippen LogP contribution is -2.35. The lowest BCUT2D eigenvalue weighted by atomic mass is 9.60. The normalized spacial score (nSPS) is 12.5. The first kappa shape index (κ1) is 22.3. The van der Waals surface area contributed by atoms with Gasteiger partial charge in [0, 0.05) is 0 Å². The summed E-state index contributed by atoms with van der Waals surface area (Å²) >= 11 is 0. The van der Waals surface area contributed by atoms with E-state index in [0.29, 0.717) is 0 Å². The standard InChI is InChI=1S/C29H28O4/c1-18-16-23(8-14-27(18)32)29(22-6-12-26(31)13-7-22,24-9-15-28(33)19(2)17-24)20(3)21-4-10-25(30)11-5-21/h4-17,20,30-33H,1-3H3. The van der Waals surface area contributed by atoms with E-state index in [2.05, 4.69) is 6.92 Å². The topological polar surface area (TPSA) is 80.9 Å². The van der Waals surface area contributed by atoms with Crippen LogP contribution in [0.15, 0.2) is 84.9 Å². The molecule has 4 nitrogen and oxygen atoms in total. The van der Waals surface area contributed by atoms with Crippen molar-refractivity contribution >= 4 is 0 Å². The van der Waals surface area contributed by atoms with Crippen LogP contribution in [-0.2, 0) is 5.41 Å². The van der Waals surface area contributed by atoms with Crippen molar-refractivity contribution in [1.29, 1.82) is 0 Å². The van der Waals surface area contributed by atoms with Gasteiger partial charge in [-0.15, -0.1) is 0 Å². The van der Waals surface area contributed by atoms with Crippen LogP contribution < -0.4 is 0 Å². The van der Waals surface area contributed by atoms with Gasteiger partial charge in [0.05, 0.1) is 5.41 Å². The highest BCUT2D eigenvalue weighted by molar-refractivity contribution is 5.58. The molecule has 33 heavy (non-hydrogen) atoms. The zero-order valence-electron chi connectivity index (χ0n) is 18.9. The predicted molar refractivity (Wildman–Crippen MR) is 130 cm³/mol. The first-order valence-electron chi connectivity index (χ1n) is 10.9. The highest BCUT2D eigenvalue weighted by atomic mass is 16.3. The third-order valence-electron chi connectivity index (χ3n) is 6.67. The number of aryl methyl sites for hydroxylation is 2. The summed E-state index contributed by atoms with van der Waals surface area (Å²) in [5.74, 6) is 0.696. The van der Waals surface area contributed by atoms with Crippen molar-refractivity contribution in [2.24, 2.45) is 0 Å². The second kappa shape index (κ2) is 8.55. The summed E-state index contributed by atoms with van der Waals surface area (Å²) in [4.78, 5) is 0. The first-order chi connectivity index (χ1) is 15.7. The molecule has 4 aromatic carbocycles. The Bertz CT molecular complexity index is 1220. The molecular formula is C29H28O4. The van der Waals surface area contributed by atoms with Crippen LogP contribution in [0.2, 0.25) is 0 Å². The number of phenols is 4. The van der Waals surface area contributed by atoms with Gasteiger partial charge in [0.2, 0.25) is 0 Å². The van der Waals surface area contributed by atoms with Crippen LogP contribution in [0.25, 0.3) is 0 Å². The van der Waals surface area contributed by atoms with Gasteiger partial charge in [-0.3, -0.25) is 0 Å². The summed E-state index contributed by atoms with van der Waals surface area (Å²) < 4.78 is 0. The summed E-state index contributed by atoms with van der Waals surface area (Å²) in [6, 6.07) is 25.6. The Morgan fingerprint density at radius 2 is 0.939 bits per heavy atom. The van der Waals surface area contributed by atoms with Gasteiger partial charge in [-0.25, -0.2) is 0 Å². The molecule has 0 amide bonds. The highest BCUT2D eigenvalue weighted by Gasteiger charge is 2.42. The fourth-order valence-electron chi connectivity index (χ4n) is 4.79. The number of benzene rings is 4. The second-order valence-corrected chi connectivity index (χ2v) is 8.67. The van der Waals surface area contributed by atoms with Gasteiger partial charge in [0.1, 0.15) is 23.0 Å². The molecule has 0 aliphatic carbocycles. The van der Waals surface area contributed by atoms with Gasteiger partial charge in [-0.05, 0) is 89.5 Å². The maximum Gasteiger partial charge on any atom is 0.118 e. The minimum atomic E-state index is -0.721. The van der Waals surface area contributed by atoms with E-state index in [1.807, 2.05) is 62.4 Å². The van der Waals surface area contributed by atoms with Crippen molar-refractivity contribution < 1.29 is 20.4 Å². The molecule has 168 valence electrons. The molecule has 4 aromatic rings. The SMILES string of the molecule is Cc1cc(C(c2ccc(O)cc2)(c2ccc(O)c(C)c2)C(C)c2ccc(O)cc2)ccc1O. The number of rotatable bonds is 5. The molecule has 4 N–H and O–H groups in total. The average molecular weight is 441 g/mol. The number of hydrogen-bond acceptors (Lipinski definition) is 4. The third-order valence-corrected chi connectivity index (χ3v) is 6.67. The van der Waals surface area contributed by atoms with Gasteiger partial charge in [0.25, 0.3) is 0 Å². The summed E-state index contributed by atoms with van der Waals surface area (Å²) in [6.07, 6.45) is 0. The van der Waals surface area contributed by atoms with Crippen molar-refractivity contribution in [1.82, 2.24) is 0 Å². The minimum Gasteiger partial charge on any atom is -0.508 e. The Morgan fingerprint density at radius 3 is 1.36 bits per heavy atom. The second-order valence-electron chi connectivity index (χ2n) is 8.67. The number of hydrogen-bond donors (Lipinski definition) is 4. The predicted octanol–water partition coefficient (Wildman–Crippen LogP) is 6.26. The molecule has 0 aliphatic heterocycles. The van der Waals surface area contributed by atoms with Crippen molar-refractivity contribution in [2.45, 2.75) is 32.1 Å². The Hall–Kier alpha value is -3.92. The summed E-state index contributed by atoms with van der Waals surface area (Å²) in [7, 11) is 0. The van der Waals surface area contributed by atoms with E-state index in [0.717, 1.165) is 33.4 Å². The summed E-state index contributed by atoms with van der Waals surface area (Å²) in [5, 5.41) is 40.4.